The molecule has 0 saturated carbocycles. The maximum atomic E-state index is 9.29. The number of nitriles is 1. The number of aliphatic hydroxyl groups is 1. The van der Waals surface area contributed by atoms with E-state index in [0.29, 0.717) is 25.3 Å². The largest absolute Gasteiger partial charge is 0.396 e. The van der Waals surface area contributed by atoms with Crippen molar-refractivity contribution in [3.05, 3.63) is 11.4 Å². The van der Waals surface area contributed by atoms with E-state index in [4.69, 9.17) is 10.00 Å². The molecule has 1 aromatic heterocycles. The third-order valence-electron chi connectivity index (χ3n) is 2.71. The van der Waals surface area contributed by atoms with Crippen LogP contribution in [0.15, 0.2) is 0 Å². The summed E-state index contributed by atoms with van der Waals surface area (Å²) in [6.45, 7) is 5.12. The average Bonchev–Trinajstić information content (AvgIpc) is 2.69. The molecule has 1 N–H and O–H groups in total. The Hall–Kier alpha value is -1.45. The van der Waals surface area contributed by atoms with E-state index in [1.807, 2.05) is 13.8 Å². The van der Waals surface area contributed by atoms with Crippen LogP contribution in [0.4, 0.5) is 0 Å². The molecule has 0 radical (unpaired) electrons. The van der Waals surface area contributed by atoms with Gasteiger partial charge in [-0.25, -0.2) is 4.68 Å². The first kappa shape index (κ1) is 14.6. The van der Waals surface area contributed by atoms with Crippen molar-refractivity contribution >= 4 is 0 Å². The minimum atomic E-state index is -0.264. The Kier molecular flexibility index (Phi) is 5.25. The molecule has 0 unspecified atom stereocenters. The van der Waals surface area contributed by atoms with Gasteiger partial charge in [0.2, 0.25) is 0 Å². The van der Waals surface area contributed by atoms with Gasteiger partial charge in [0, 0.05) is 25.6 Å². The molecular weight excluding hydrogens is 232 g/mol. The molecule has 0 spiro atoms. The minimum absolute atomic E-state index is 0.0736. The Balaban J connectivity index is 2.93. The molecule has 1 rings (SSSR count). The molecule has 0 atom stereocenters. The number of hydrogen-bond donors (Lipinski definition) is 1. The lowest BCUT2D eigenvalue weighted by Crippen LogP contribution is -2.26. The molecule has 0 bridgehead atoms. The molecule has 6 nitrogen and oxygen atoms in total. The highest BCUT2D eigenvalue weighted by Gasteiger charge is 2.21. The second-order valence-electron chi connectivity index (χ2n) is 5.04. The van der Waals surface area contributed by atoms with Gasteiger partial charge in [-0.1, -0.05) is 19.1 Å². The van der Waals surface area contributed by atoms with E-state index < -0.39 is 0 Å². The van der Waals surface area contributed by atoms with Gasteiger partial charge >= 0.3 is 0 Å². The van der Waals surface area contributed by atoms with Crippen molar-refractivity contribution in [2.24, 2.45) is 5.41 Å². The second kappa shape index (κ2) is 6.47. The van der Waals surface area contributed by atoms with E-state index in [2.05, 4.69) is 16.4 Å². The van der Waals surface area contributed by atoms with Crippen molar-refractivity contribution in [3.8, 4) is 6.07 Å². The van der Waals surface area contributed by atoms with Crippen LogP contribution in [0.1, 0.15) is 25.2 Å². The average molecular weight is 252 g/mol. The topological polar surface area (TPSA) is 84.0 Å². The van der Waals surface area contributed by atoms with Crippen LogP contribution in [0.5, 0.6) is 0 Å². The van der Waals surface area contributed by atoms with Crippen LogP contribution in [0.2, 0.25) is 0 Å². The number of rotatable bonds is 7. The molecule has 0 aliphatic rings. The van der Waals surface area contributed by atoms with Crippen molar-refractivity contribution in [2.45, 2.75) is 33.2 Å². The van der Waals surface area contributed by atoms with Crippen LogP contribution in [0.25, 0.3) is 0 Å². The third kappa shape index (κ3) is 3.79. The zero-order chi connectivity index (χ0) is 13.6. The first-order valence-corrected chi connectivity index (χ1v) is 5.92. The van der Waals surface area contributed by atoms with E-state index in [1.54, 1.807) is 11.8 Å². The molecule has 0 aliphatic heterocycles. The lowest BCUT2D eigenvalue weighted by atomic mass is 9.95. The highest BCUT2D eigenvalue weighted by atomic mass is 16.5. The molecule has 100 valence electrons. The van der Waals surface area contributed by atoms with Crippen LogP contribution in [0, 0.1) is 16.7 Å². The van der Waals surface area contributed by atoms with Gasteiger partial charge in [0.15, 0.2) is 0 Å². The summed E-state index contributed by atoms with van der Waals surface area (Å²) in [5.41, 5.74) is 1.35. The summed E-state index contributed by atoms with van der Waals surface area (Å²) < 4.78 is 6.82. The molecule has 0 saturated heterocycles. The van der Waals surface area contributed by atoms with E-state index in [1.165, 1.54) is 0 Å². The Morgan fingerprint density at radius 2 is 2.22 bits per heavy atom. The van der Waals surface area contributed by atoms with Gasteiger partial charge in [-0.2, -0.15) is 5.26 Å². The summed E-state index contributed by atoms with van der Waals surface area (Å²) in [6.07, 6.45) is 0.917. The minimum Gasteiger partial charge on any atom is -0.396 e. The zero-order valence-electron chi connectivity index (χ0n) is 11.2. The number of aliphatic hydroxyl groups excluding tert-OH is 1. The van der Waals surface area contributed by atoms with Gasteiger partial charge in [-0.15, -0.1) is 5.10 Å². The van der Waals surface area contributed by atoms with E-state index in [9.17, 15) is 5.11 Å². The summed E-state index contributed by atoms with van der Waals surface area (Å²) in [5.74, 6) is 0. The van der Waals surface area contributed by atoms with Gasteiger partial charge in [0.05, 0.1) is 31.3 Å². The quantitative estimate of drug-likeness (QED) is 0.766. The Morgan fingerprint density at radius 3 is 2.78 bits per heavy atom. The molecule has 1 aromatic rings. The first-order chi connectivity index (χ1) is 8.54. The SMILES string of the molecule is COCCc1c(CC#N)nnn1CC(C)(C)CO. The normalized spacial score (nSPS) is 11.5. The van der Waals surface area contributed by atoms with Crippen molar-refractivity contribution in [2.75, 3.05) is 20.3 Å². The highest BCUT2D eigenvalue weighted by Crippen LogP contribution is 2.19. The summed E-state index contributed by atoms with van der Waals surface area (Å²) in [4.78, 5) is 0. The van der Waals surface area contributed by atoms with Crippen LogP contribution in [-0.4, -0.2) is 40.4 Å². The second-order valence-corrected chi connectivity index (χ2v) is 5.04. The van der Waals surface area contributed by atoms with Crippen molar-refractivity contribution < 1.29 is 9.84 Å². The summed E-state index contributed by atoms with van der Waals surface area (Å²) in [6, 6.07) is 2.08. The maximum Gasteiger partial charge on any atom is 0.100 e. The number of aromatic nitrogens is 3. The Bertz CT molecular complexity index is 420. The standard InChI is InChI=1S/C12H20N4O2/c1-12(2,9-17)8-16-11(5-7-18-3)10(4-6-13)14-15-16/h17H,4-5,7-9H2,1-3H3. The van der Waals surface area contributed by atoms with Crippen molar-refractivity contribution in [1.29, 1.82) is 5.26 Å². The fraction of sp³-hybridized carbons (Fsp3) is 0.750. The number of nitrogens with zero attached hydrogens (tertiary/aromatic N) is 4. The van der Waals surface area contributed by atoms with Gasteiger partial charge in [-0.05, 0) is 0 Å². The van der Waals surface area contributed by atoms with Crippen molar-refractivity contribution in [3.63, 3.8) is 0 Å². The van der Waals surface area contributed by atoms with Crippen molar-refractivity contribution in [1.82, 2.24) is 15.0 Å². The first-order valence-electron chi connectivity index (χ1n) is 5.92. The maximum absolute atomic E-state index is 9.29. The van der Waals surface area contributed by atoms with E-state index in [-0.39, 0.29) is 18.4 Å². The molecule has 6 heteroatoms. The van der Waals surface area contributed by atoms with E-state index in [0.717, 1.165) is 5.69 Å². The fourth-order valence-electron chi connectivity index (χ4n) is 1.64. The number of ether oxygens (including phenoxy) is 1. The number of methoxy groups -OCH3 is 1. The van der Waals surface area contributed by atoms with Gasteiger partial charge in [-0.3, -0.25) is 0 Å². The Morgan fingerprint density at radius 1 is 1.50 bits per heavy atom. The molecule has 18 heavy (non-hydrogen) atoms. The highest BCUT2D eigenvalue weighted by molar-refractivity contribution is 5.14. The molecule has 0 amide bonds. The molecule has 1 heterocycles. The predicted molar refractivity (Wildman–Crippen MR) is 65.8 cm³/mol. The monoisotopic (exact) mass is 252 g/mol. The van der Waals surface area contributed by atoms with Crippen LogP contribution >= 0.6 is 0 Å². The van der Waals surface area contributed by atoms with Gasteiger partial charge in [0.25, 0.3) is 0 Å². The van der Waals surface area contributed by atoms with Crippen LogP contribution in [0.3, 0.4) is 0 Å². The molecule has 0 aromatic carbocycles. The predicted octanol–water partition coefficient (Wildman–Crippen LogP) is 0.552. The smallest absolute Gasteiger partial charge is 0.100 e. The van der Waals surface area contributed by atoms with Gasteiger partial charge < -0.3 is 9.84 Å². The fourth-order valence-corrected chi connectivity index (χ4v) is 1.64. The van der Waals surface area contributed by atoms with Gasteiger partial charge in [0.1, 0.15) is 5.69 Å². The number of hydrogen-bond acceptors (Lipinski definition) is 5. The molecule has 0 fully saturated rings. The lowest BCUT2D eigenvalue weighted by molar-refractivity contribution is 0.133. The van der Waals surface area contributed by atoms with E-state index >= 15 is 0 Å². The van der Waals surface area contributed by atoms with Crippen LogP contribution < -0.4 is 0 Å². The summed E-state index contributed by atoms with van der Waals surface area (Å²) >= 11 is 0. The third-order valence-corrected chi connectivity index (χ3v) is 2.71. The summed E-state index contributed by atoms with van der Waals surface area (Å²) in [5, 5.41) is 26.2. The van der Waals surface area contributed by atoms with Crippen LogP contribution in [-0.2, 0) is 24.1 Å². The summed E-state index contributed by atoms with van der Waals surface area (Å²) in [7, 11) is 1.63. The zero-order valence-corrected chi connectivity index (χ0v) is 11.2. The Labute approximate surface area is 107 Å². The molecule has 0 aliphatic carbocycles. The molecular formula is C12H20N4O2. The lowest BCUT2D eigenvalue weighted by Gasteiger charge is -2.22.